The predicted octanol–water partition coefficient (Wildman–Crippen LogP) is 7.20. The number of carbonyl (C=O) groups is 3. The van der Waals surface area contributed by atoms with Gasteiger partial charge in [-0.15, -0.1) is 0 Å². The highest BCUT2D eigenvalue weighted by molar-refractivity contribution is 6.09. The summed E-state index contributed by atoms with van der Waals surface area (Å²) in [5.41, 5.74) is 2.95. The lowest BCUT2D eigenvalue weighted by molar-refractivity contribution is -0.137. The number of halogens is 3. The topological polar surface area (TPSA) is 100 Å². The SMILES string of the molecule is O=C(NCc1ccc(NC(=O)c2cccnc2)cc1)c1cccc(NC(=O)c2ccccc2-c2ccc(C(F)(F)F)cc2)c1. The Labute approximate surface area is 250 Å². The van der Waals surface area contributed by atoms with Crippen molar-refractivity contribution < 1.29 is 27.6 Å². The van der Waals surface area contributed by atoms with E-state index in [2.05, 4.69) is 20.9 Å². The smallest absolute Gasteiger partial charge is 0.348 e. The Morgan fingerprint density at radius 2 is 1.36 bits per heavy atom. The third-order valence-electron chi connectivity index (χ3n) is 6.67. The van der Waals surface area contributed by atoms with Crippen molar-refractivity contribution in [1.29, 1.82) is 0 Å². The average molecular weight is 595 g/mol. The average Bonchev–Trinajstić information content (AvgIpc) is 3.04. The fourth-order valence-electron chi connectivity index (χ4n) is 4.40. The molecule has 5 aromatic rings. The van der Waals surface area contributed by atoms with E-state index in [0.717, 1.165) is 17.7 Å². The molecule has 0 aliphatic carbocycles. The van der Waals surface area contributed by atoms with E-state index < -0.39 is 17.6 Å². The molecule has 7 nitrogen and oxygen atoms in total. The summed E-state index contributed by atoms with van der Waals surface area (Å²) in [5.74, 6) is -1.12. The number of nitrogens with one attached hydrogen (secondary N) is 3. The lowest BCUT2D eigenvalue weighted by atomic mass is 9.98. The molecule has 0 saturated carbocycles. The number of pyridine rings is 1. The fourth-order valence-corrected chi connectivity index (χ4v) is 4.40. The fraction of sp³-hybridized carbons (Fsp3) is 0.0588. The van der Waals surface area contributed by atoms with Gasteiger partial charge in [-0.1, -0.05) is 48.5 Å². The van der Waals surface area contributed by atoms with Crippen molar-refractivity contribution in [3.8, 4) is 11.1 Å². The molecule has 0 fully saturated rings. The van der Waals surface area contributed by atoms with E-state index in [1.54, 1.807) is 85.1 Å². The van der Waals surface area contributed by atoms with Crippen molar-refractivity contribution in [2.24, 2.45) is 0 Å². The normalized spacial score (nSPS) is 11.0. The number of carbonyl (C=O) groups excluding carboxylic acids is 3. The third-order valence-corrected chi connectivity index (χ3v) is 6.67. The molecule has 0 radical (unpaired) electrons. The van der Waals surface area contributed by atoms with Crippen LogP contribution in [0.4, 0.5) is 24.5 Å². The lowest BCUT2D eigenvalue weighted by Crippen LogP contribution is -2.23. The Kier molecular flexibility index (Phi) is 8.80. The monoisotopic (exact) mass is 594 g/mol. The van der Waals surface area contributed by atoms with Gasteiger partial charge in [-0.25, -0.2) is 0 Å². The third kappa shape index (κ3) is 7.35. The summed E-state index contributed by atoms with van der Waals surface area (Å²) in [7, 11) is 0. The molecule has 10 heteroatoms. The van der Waals surface area contributed by atoms with Crippen LogP contribution in [-0.2, 0) is 12.7 Å². The van der Waals surface area contributed by atoms with Gasteiger partial charge in [0.05, 0.1) is 11.1 Å². The number of amides is 3. The zero-order chi connectivity index (χ0) is 31.1. The first-order valence-corrected chi connectivity index (χ1v) is 13.4. The van der Waals surface area contributed by atoms with Gasteiger partial charge in [-0.05, 0) is 77.4 Å². The second-order valence-electron chi connectivity index (χ2n) is 9.73. The minimum absolute atomic E-state index is 0.229. The molecule has 220 valence electrons. The molecule has 0 aliphatic rings. The van der Waals surface area contributed by atoms with Gasteiger partial charge in [0.15, 0.2) is 0 Å². The Morgan fingerprint density at radius 1 is 0.659 bits per heavy atom. The predicted molar refractivity (Wildman–Crippen MR) is 161 cm³/mol. The molecular weight excluding hydrogens is 569 g/mol. The van der Waals surface area contributed by atoms with E-state index in [0.29, 0.717) is 33.6 Å². The van der Waals surface area contributed by atoms with Crippen LogP contribution in [0.1, 0.15) is 42.2 Å². The Hall–Kier alpha value is -5.77. The molecular formula is C34H25F3N4O3. The molecule has 0 aliphatic heterocycles. The van der Waals surface area contributed by atoms with Crippen LogP contribution in [0.5, 0.6) is 0 Å². The number of aromatic nitrogens is 1. The summed E-state index contributed by atoms with van der Waals surface area (Å²) in [4.78, 5) is 42.3. The van der Waals surface area contributed by atoms with Crippen LogP contribution in [0.2, 0.25) is 0 Å². The Morgan fingerprint density at radius 3 is 2.07 bits per heavy atom. The van der Waals surface area contributed by atoms with Crippen LogP contribution >= 0.6 is 0 Å². The number of benzene rings is 4. The summed E-state index contributed by atoms with van der Waals surface area (Å²) in [6.45, 7) is 0.229. The van der Waals surface area contributed by atoms with E-state index in [9.17, 15) is 27.6 Å². The van der Waals surface area contributed by atoms with Crippen LogP contribution in [0.25, 0.3) is 11.1 Å². The van der Waals surface area contributed by atoms with Crippen molar-refractivity contribution in [1.82, 2.24) is 10.3 Å². The molecule has 0 bridgehead atoms. The van der Waals surface area contributed by atoms with Gasteiger partial charge in [0.25, 0.3) is 17.7 Å². The van der Waals surface area contributed by atoms with Crippen LogP contribution in [0, 0.1) is 0 Å². The van der Waals surface area contributed by atoms with Crippen molar-refractivity contribution in [2.45, 2.75) is 12.7 Å². The first kappa shape index (κ1) is 29.7. The van der Waals surface area contributed by atoms with E-state index in [1.165, 1.54) is 24.4 Å². The molecule has 4 aromatic carbocycles. The van der Waals surface area contributed by atoms with Gasteiger partial charge in [0.1, 0.15) is 0 Å². The maximum atomic E-state index is 13.2. The molecule has 0 spiro atoms. The van der Waals surface area contributed by atoms with Crippen molar-refractivity contribution in [2.75, 3.05) is 10.6 Å². The van der Waals surface area contributed by atoms with Crippen molar-refractivity contribution in [3.05, 3.63) is 149 Å². The van der Waals surface area contributed by atoms with Crippen molar-refractivity contribution >= 4 is 29.1 Å². The molecule has 3 amide bonds. The largest absolute Gasteiger partial charge is 0.416 e. The number of hydrogen-bond donors (Lipinski definition) is 3. The van der Waals surface area contributed by atoms with E-state index in [4.69, 9.17) is 0 Å². The molecule has 3 N–H and O–H groups in total. The van der Waals surface area contributed by atoms with Crippen LogP contribution in [0.3, 0.4) is 0 Å². The van der Waals surface area contributed by atoms with Crippen LogP contribution in [0.15, 0.2) is 122 Å². The summed E-state index contributed by atoms with van der Waals surface area (Å²) in [6.07, 6.45) is -1.40. The number of nitrogens with zero attached hydrogens (tertiary/aromatic N) is 1. The van der Waals surface area contributed by atoms with Gasteiger partial charge in [-0.3, -0.25) is 19.4 Å². The Balaban J connectivity index is 1.20. The summed E-state index contributed by atoms with van der Waals surface area (Å²) in [6, 6.07) is 28.0. The zero-order valence-electron chi connectivity index (χ0n) is 23.1. The quantitative estimate of drug-likeness (QED) is 0.177. The second-order valence-corrected chi connectivity index (χ2v) is 9.73. The van der Waals surface area contributed by atoms with Crippen molar-refractivity contribution in [3.63, 3.8) is 0 Å². The highest BCUT2D eigenvalue weighted by atomic mass is 19.4. The van der Waals surface area contributed by atoms with Gasteiger partial charge in [-0.2, -0.15) is 13.2 Å². The minimum atomic E-state index is -4.46. The molecule has 0 atom stereocenters. The van der Waals surface area contributed by atoms with Gasteiger partial charge < -0.3 is 16.0 Å². The molecule has 0 unspecified atom stereocenters. The summed E-state index contributed by atoms with van der Waals surface area (Å²) in [5, 5.41) is 8.39. The molecule has 1 heterocycles. The van der Waals surface area contributed by atoms with Crippen LogP contribution in [-0.4, -0.2) is 22.7 Å². The molecule has 0 saturated heterocycles. The lowest BCUT2D eigenvalue weighted by Gasteiger charge is -2.13. The van der Waals surface area contributed by atoms with Crippen LogP contribution < -0.4 is 16.0 Å². The minimum Gasteiger partial charge on any atom is -0.348 e. The van der Waals surface area contributed by atoms with E-state index in [1.807, 2.05) is 0 Å². The Bertz CT molecular complexity index is 1790. The molecule has 1 aromatic heterocycles. The number of hydrogen-bond acceptors (Lipinski definition) is 4. The van der Waals surface area contributed by atoms with Gasteiger partial charge >= 0.3 is 6.18 Å². The zero-order valence-corrected chi connectivity index (χ0v) is 23.1. The van der Waals surface area contributed by atoms with Gasteiger partial charge in [0, 0.05) is 41.4 Å². The van der Waals surface area contributed by atoms with E-state index in [-0.39, 0.29) is 23.9 Å². The standard InChI is InChI=1S/C34H25F3N4O3/c35-34(36,37)26-14-12-23(13-15-26)29-8-1-2-9-30(29)33(44)41-28-7-3-5-24(19-28)31(42)39-20-22-10-16-27(17-11-22)40-32(43)25-6-4-18-38-21-25/h1-19,21H,20H2,(H,39,42)(H,40,43)(H,41,44). The summed E-state index contributed by atoms with van der Waals surface area (Å²) >= 11 is 0. The maximum Gasteiger partial charge on any atom is 0.416 e. The second kappa shape index (κ2) is 13.0. The number of alkyl halides is 3. The highest BCUT2D eigenvalue weighted by Gasteiger charge is 2.30. The first-order valence-electron chi connectivity index (χ1n) is 13.4. The maximum absolute atomic E-state index is 13.2. The first-order chi connectivity index (χ1) is 21.2. The van der Waals surface area contributed by atoms with Gasteiger partial charge in [0.2, 0.25) is 0 Å². The number of anilines is 2. The molecule has 5 rings (SSSR count). The van der Waals surface area contributed by atoms with E-state index >= 15 is 0 Å². The number of rotatable bonds is 8. The molecule has 44 heavy (non-hydrogen) atoms. The summed E-state index contributed by atoms with van der Waals surface area (Å²) < 4.78 is 39.0. The highest BCUT2D eigenvalue weighted by Crippen LogP contribution is 2.32.